The quantitative estimate of drug-likeness (QED) is 0.616. The summed E-state index contributed by atoms with van der Waals surface area (Å²) in [5.41, 5.74) is 0. The zero-order chi connectivity index (χ0) is 7.40. The summed E-state index contributed by atoms with van der Waals surface area (Å²) in [5.74, 6) is 0. The van der Waals surface area contributed by atoms with Crippen molar-refractivity contribution in [1.82, 2.24) is 4.98 Å². The van der Waals surface area contributed by atoms with E-state index in [1.807, 2.05) is 11.6 Å². The first kappa shape index (κ1) is 8.26. The van der Waals surface area contributed by atoms with Crippen LogP contribution < -0.4 is 4.90 Å². The Hall–Kier alpha value is 0.160. The fraction of sp³-hybridized carbons (Fsp3) is 0.500. The third-order valence-corrected chi connectivity index (χ3v) is 2.53. The van der Waals surface area contributed by atoms with Crippen molar-refractivity contribution in [2.75, 3.05) is 22.9 Å². The second kappa shape index (κ2) is 4.12. The lowest BCUT2D eigenvalue weighted by atomic mass is 10.7. The smallest absolute Gasteiger partial charge is 0.184 e. The van der Waals surface area contributed by atoms with Crippen molar-refractivity contribution >= 4 is 39.1 Å². The Morgan fingerprint density at radius 3 is 3.10 bits per heavy atom. The maximum absolute atomic E-state index is 4.18. The van der Waals surface area contributed by atoms with Gasteiger partial charge < -0.3 is 4.90 Å². The van der Waals surface area contributed by atoms with E-state index in [1.165, 1.54) is 0 Å². The second-order valence-corrected chi connectivity index (χ2v) is 3.88. The SMILES string of the molecule is CN(CCI)c1nccs1. The fourth-order valence-corrected chi connectivity index (χ4v) is 1.99. The molecule has 1 heterocycles. The van der Waals surface area contributed by atoms with Gasteiger partial charge in [0.2, 0.25) is 0 Å². The van der Waals surface area contributed by atoms with E-state index in [1.54, 1.807) is 11.3 Å². The minimum absolute atomic E-state index is 1.08. The highest BCUT2D eigenvalue weighted by molar-refractivity contribution is 14.1. The second-order valence-electron chi connectivity index (χ2n) is 1.93. The molecule has 10 heavy (non-hydrogen) atoms. The molecule has 0 radical (unpaired) electrons. The topological polar surface area (TPSA) is 16.1 Å². The molecule has 0 aliphatic heterocycles. The van der Waals surface area contributed by atoms with E-state index in [0.29, 0.717) is 0 Å². The highest BCUT2D eigenvalue weighted by atomic mass is 127. The largest absolute Gasteiger partial charge is 0.350 e. The van der Waals surface area contributed by atoms with Crippen LogP contribution >= 0.6 is 33.9 Å². The lowest BCUT2D eigenvalue weighted by molar-refractivity contribution is 0.976. The van der Waals surface area contributed by atoms with E-state index in [0.717, 1.165) is 16.1 Å². The minimum Gasteiger partial charge on any atom is -0.350 e. The molecule has 0 saturated carbocycles. The van der Waals surface area contributed by atoms with Gasteiger partial charge in [0.25, 0.3) is 0 Å². The number of nitrogens with zero attached hydrogens (tertiary/aromatic N) is 2. The summed E-state index contributed by atoms with van der Waals surface area (Å²) in [6.07, 6.45) is 1.84. The summed E-state index contributed by atoms with van der Waals surface area (Å²) >= 11 is 4.05. The normalized spacial score (nSPS) is 9.80. The summed E-state index contributed by atoms with van der Waals surface area (Å²) in [7, 11) is 2.07. The first-order chi connectivity index (χ1) is 4.84. The Morgan fingerprint density at radius 2 is 2.60 bits per heavy atom. The number of alkyl halides is 1. The molecule has 0 bridgehead atoms. The molecule has 0 N–H and O–H groups in total. The highest BCUT2D eigenvalue weighted by Gasteiger charge is 1.99. The molecule has 0 unspecified atom stereocenters. The zero-order valence-electron chi connectivity index (χ0n) is 5.75. The molecule has 0 aliphatic carbocycles. The van der Waals surface area contributed by atoms with E-state index in [9.17, 15) is 0 Å². The maximum atomic E-state index is 4.18. The van der Waals surface area contributed by atoms with Crippen LogP contribution in [0.4, 0.5) is 5.13 Å². The van der Waals surface area contributed by atoms with Crippen molar-refractivity contribution in [3.63, 3.8) is 0 Å². The molecule has 0 atom stereocenters. The average molecular weight is 268 g/mol. The van der Waals surface area contributed by atoms with Crippen molar-refractivity contribution < 1.29 is 0 Å². The Balaban J connectivity index is 2.50. The van der Waals surface area contributed by atoms with Crippen LogP contribution in [-0.2, 0) is 0 Å². The zero-order valence-corrected chi connectivity index (χ0v) is 8.72. The summed E-state index contributed by atoms with van der Waals surface area (Å²) < 4.78 is 1.15. The third kappa shape index (κ3) is 2.09. The average Bonchev–Trinajstić information content (AvgIpc) is 2.38. The Bertz CT molecular complexity index is 176. The lowest BCUT2D eigenvalue weighted by Crippen LogP contribution is -2.18. The summed E-state index contributed by atoms with van der Waals surface area (Å²) in [6, 6.07) is 0. The molecule has 0 aromatic carbocycles. The summed E-state index contributed by atoms with van der Waals surface area (Å²) in [6.45, 7) is 1.08. The molecule has 56 valence electrons. The van der Waals surface area contributed by atoms with Crippen molar-refractivity contribution in [2.24, 2.45) is 0 Å². The molecule has 0 amide bonds. The van der Waals surface area contributed by atoms with Crippen molar-refractivity contribution in [2.45, 2.75) is 0 Å². The molecule has 1 aromatic heterocycles. The van der Waals surface area contributed by atoms with Crippen LogP contribution in [0.15, 0.2) is 11.6 Å². The lowest BCUT2D eigenvalue weighted by Gasteiger charge is -2.12. The third-order valence-electron chi connectivity index (χ3n) is 1.17. The van der Waals surface area contributed by atoms with E-state index in [4.69, 9.17) is 0 Å². The van der Waals surface area contributed by atoms with Gasteiger partial charge in [0.05, 0.1) is 0 Å². The minimum atomic E-state index is 1.08. The number of rotatable bonds is 3. The molecule has 0 fully saturated rings. The van der Waals surface area contributed by atoms with Gasteiger partial charge in [0.15, 0.2) is 5.13 Å². The van der Waals surface area contributed by atoms with Crippen molar-refractivity contribution in [3.05, 3.63) is 11.6 Å². The monoisotopic (exact) mass is 268 g/mol. The number of hydrogen-bond donors (Lipinski definition) is 0. The van der Waals surface area contributed by atoms with Crippen LogP contribution in [0.5, 0.6) is 0 Å². The number of anilines is 1. The van der Waals surface area contributed by atoms with E-state index in [-0.39, 0.29) is 0 Å². The molecule has 2 nitrogen and oxygen atoms in total. The van der Waals surface area contributed by atoms with Gasteiger partial charge in [-0.15, -0.1) is 11.3 Å². The molecule has 4 heteroatoms. The van der Waals surface area contributed by atoms with Crippen molar-refractivity contribution in [1.29, 1.82) is 0 Å². The first-order valence-electron chi connectivity index (χ1n) is 3.01. The standard InChI is InChI=1S/C6H9IN2S/c1-9(4-2-7)6-8-3-5-10-6/h3,5H,2,4H2,1H3. The van der Waals surface area contributed by atoms with Crippen LogP contribution in [0.3, 0.4) is 0 Å². The maximum Gasteiger partial charge on any atom is 0.184 e. The van der Waals surface area contributed by atoms with Gasteiger partial charge in [0.1, 0.15) is 0 Å². The van der Waals surface area contributed by atoms with Crippen molar-refractivity contribution in [3.8, 4) is 0 Å². The van der Waals surface area contributed by atoms with Gasteiger partial charge in [-0.3, -0.25) is 0 Å². The van der Waals surface area contributed by atoms with Gasteiger partial charge in [0, 0.05) is 29.6 Å². The van der Waals surface area contributed by atoms with Crippen LogP contribution in [0, 0.1) is 0 Å². The molecular formula is C6H9IN2S. The predicted molar refractivity (Wildman–Crippen MR) is 54.3 cm³/mol. The van der Waals surface area contributed by atoms with Gasteiger partial charge in [-0.05, 0) is 0 Å². The van der Waals surface area contributed by atoms with Gasteiger partial charge in [-0.1, -0.05) is 22.6 Å². The van der Waals surface area contributed by atoms with E-state index in [2.05, 4.69) is 39.5 Å². The van der Waals surface area contributed by atoms with Crippen LogP contribution in [0.1, 0.15) is 0 Å². The predicted octanol–water partition coefficient (Wildman–Crippen LogP) is 2.01. The van der Waals surface area contributed by atoms with Crippen LogP contribution in [0.2, 0.25) is 0 Å². The molecule has 1 rings (SSSR count). The van der Waals surface area contributed by atoms with E-state index < -0.39 is 0 Å². The Morgan fingerprint density at radius 1 is 1.80 bits per heavy atom. The molecule has 0 aliphatic rings. The molecule has 1 aromatic rings. The Labute approximate surface area is 78.4 Å². The van der Waals surface area contributed by atoms with Crippen LogP contribution in [-0.4, -0.2) is 23.0 Å². The van der Waals surface area contributed by atoms with Crippen LogP contribution in [0.25, 0.3) is 0 Å². The fourth-order valence-electron chi connectivity index (χ4n) is 0.627. The van der Waals surface area contributed by atoms with Gasteiger partial charge in [-0.25, -0.2) is 4.98 Å². The number of thiazole rings is 1. The summed E-state index contributed by atoms with van der Waals surface area (Å²) in [4.78, 5) is 6.34. The Kier molecular flexibility index (Phi) is 3.41. The van der Waals surface area contributed by atoms with E-state index >= 15 is 0 Å². The molecular weight excluding hydrogens is 259 g/mol. The first-order valence-corrected chi connectivity index (χ1v) is 5.41. The number of aromatic nitrogens is 1. The highest BCUT2D eigenvalue weighted by Crippen LogP contribution is 2.14. The molecule has 0 saturated heterocycles. The van der Waals surface area contributed by atoms with Gasteiger partial charge in [-0.2, -0.15) is 0 Å². The summed E-state index contributed by atoms with van der Waals surface area (Å²) in [5, 5.41) is 3.11. The van der Waals surface area contributed by atoms with Gasteiger partial charge >= 0.3 is 0 Å². The molecule has 0 spiro atoms. The number of halogens is 1. The number of hydrogen-bond acceptors (Lipinski definition) is 3.